The van der Waals surface area contributed by atoms with Gasteiger partial charge in [0.05, 0.1) is 29.2 Å². The smallest absolute Gasteiger partial charge is 0.267 e. The number of nitrogens with zero attached hydrogens (tertiary/aromatic N) is 5. The Morgan fingerprint density at radius 1 is 1.14 bits per heavy atom. The zero-order chi connectivity index (χ0) is 19.3. The van der Waals surface area contributed by atoms with Crippen molar-refractivity contribution in [3.63, 3.8) is 0 Å². The Morgan fingerprint density at radius 2 is 2.00 bits per heavy atom. The molecule has 0 N–H and O–H groups in total. The number of fused-ring (bicyclic) bond motifs is 2. The van der Waals surface area contributed by atoms with Crippen LogP contribution in [0.1, 0.15) is 30.5 Å². The van der Waals surface area contributed by atoms with E-state index < -0.39 is 0 Å². The van der Waals surface area contributed by atoms with Gasteiger partial charge in [-0.1, -0.05) is 12.1 Å². The van der Waals surface area contributed by atoms with Crippen LogP contribution in [0.15, 0.2) is 39.9 Å². The summed E-state index contributed by atoms with van der Waals surface area (Å²) in [5.41, 5.74) is 2.79. The third-order valence-corrected chi connectivity index (χ3v) is 6.00. The Bertz CT molecular complexity index is 1180. The van der Waals surface area contributed by atoms with Crippen LogP contribution in [-0.4, -0.2) is 31.9 Å². The molecule has 1 atom stereocenters. The highest BCUT2D eigenvalue weighted by molar-refractivity contribution is 5.78. The fourth-order valence-corrected chi connectivity index (χ4v) is 4.52. The van der Waals surface area contributed by atoms with Crippen molar-refractivity contribution in [1.29, 1.82) is 0 Å². The summed E-state index contributed by atoms with van der Waals surface area (Å²) >= 11 is 0. The monoisotopic (exact) mass is 377 g/mol. The molecule has 1 aromatic carbocycles. The van der Waals surface area contributed by atoms with Crippen LogP contribution in [0.2, 0.25) is 0 Å². The third kappa shape index (κ3) is 2.73. The average molecular weight is 377 g/mol. The number of aryl methyl sites for hydroxylation is 2. The molecule has 0 saturated carbocycles. The fraction of sp³-hybridized carbons (Fsp3) is 0.429. The van der Waals surface area contributed by atoms with Crippen molar-refractivity contribution in [3.05, 3.63) is 62.3 Å². The highest BCUT2D eigenvalue weighted by Crippen LogP contribution is 2.25. The number of para-hydroxylation sites is 1. The molecule has 28 heavy (non-hydrogen) atoms. The lowest BCUT2D eigenvalue weighted by Crippen LogP contribution is -2.40. The second kappa shape index (κ2) is 6.58. The second-order valence-electron chi connectivity index (χ2n) is 7.77. The van der Waals surface area contributed by atoms with Gasteiger partial charge < -0.3 is 4.90 Å². The van der Waals surface area contributed by atoms with E-state index >= 15 is 0 Å². The molecule has 0 bridgehead atoms. The van der Waals surface area contributed by atoms with Crippen LogP contribution < -0.4 is 16.0 Å². The van der Waals surface area contributed by atoms with E-state index in [-0.39, 0.29) is 17.2 Å². The summed E-state index contributed by atoms with van der Waals surface area (Å²) in [5.74, 6) is 0.667. The summed E-state index contributed by atoms with van der Waals surface area (Å²) in [5, 5.41) is 5.25. The molecule has 7 heteroatoms. The number of benzene rings is 1. The predicted molar refractivity (Wildman–Crippen MR) is 108 cm³/mol. The zero-order valence-electron chi connectivity index (χ0n) is 16.0. The molecular weight excluding hydrogens is 354 g/mol. The van der Waals surface area contributed by atoms with Crippen LogP contribution in [0.4, 0.5) is 5.95 Å². The Morgan fingerprint density at radius 3 is 2.89 bits per heavy atom. The topological polar surface area (TPSA) is 73.0 Å². The van der Waals surface area contributed by atoms with Crippen LogP contribution >= 0.6 is 0 Å². The van der Waals surface area contributed by atoms with Crippen LogP contribution in [-0.2, 0) is 26.4 Å². The summed E-state index contributed by atoms with van der Waals surface area (Å²) in [7, 11) is 1.77. The van der Waals surface area contributed by atoms with E-state index in [4.69, 9.17) is 4.98 Å². The van der Waals surface area contributed by atoms with Crippen LogP contribution in [0, 0.1) is 0 Å². The number of hydrogen-bond donors (Lipinski definition) is 0. The van der Waals surface area contributed by atoms with Crippen molar-refractivity contribution in [2.75, 3.05) is 11.4 Å². The molecule has 144 valence electrons. The third-order valence-electron chi connectivity index (χ3n) is 6.00. The van der Waals surface area contributed by atoms with Gasteiger partial charge in [-0.25, -0.2) is 9.67 Å². The van der Waals surface area contributed by atoms with Gasteiger partial charge >= 0.3 is 0 Å². The first-order valence-corrected chi connectivity index (χ1v) is 9.94. The Kier molecular flexibility index (Phi) is 4.03. The number of hydrogen-bond acceptors (Lipinski definition) is 5. The van der Waals surface area contributed by atoms with Crippen LogP contribution in [0.25, 0.3) is 10.9 Å². The van der Waals surface area contributed by atoms with Gasteiger partial charge in [0, 0.05) is 19.7 Å². The maximum atomic E-state index is 12.8. The molecule has 2 aromatic heterocycles. The molecular formula is C21H23N5O2. The predicted octanol–water partition coefficient (Wildman–Crippen LogP) is 1.65. The van der Waals surface area contributed by atoms with Gasteiger partial charge in [-0.15, -0.1) is 0 Å². The molecule has 0 radical (unpaired) electrons. The van der Waals surface area contributed by atoms with Gasteiger partial charge in [0.15, 0.2) is 0 Å². The molecule has 3 aromatic rings. The molecule has 1 aliphatic carbocycles. The molecule has 0 spiro atoms. The molecule has 0 amide bonds. The van der Waals surface area contributed by atoms with E-state index in [1.54, 1.807) is 22.4 Å². The van der Waals surface area contributed by atoms with Crippen LogP contribution in [0.3, 0.4) is 0 Å². The van der Waals surface area contributed by atoms with Crippen molar-refractivity contribution in [3.8, 4) is 0 Å². The van der Waals surface area contributed by atoms with E-state index in [9.17, 15) is 9.59 Å². The molecule has 1 saturated heterocycles. The Balaban J connectivity index is 1.52. The quantitative estimate of drug-likeness (QED) is 0.694. The molecule has 2 aliphatic rings. The number of rotatable bonds is 3. The van der Waals surface area contributed by atoms with E-state index in [0.29, 0.717) is 23.4 Å². The lowest BCUT2D eigenvalue weighted by Gasteiger charge is -2.27. The minimum absolute atomic E-state index is 0.0344. The average Bonchev–Trinajstić information content (AvgIpc) is 3.34. The SMILES string of the molecule is Cn1c(N2CCCC2Cn2nc3c(cc2=O)CCC3)nc2ccccc2c1=O. The van der Waals surface area contributed by atoms with Gasteiger partial charge in [-0.2, -0.15) is 5.10 Å². The van der Waals surface area contributed by atoms with Crippen molar-refractivity contribution >= 4 is 16.9 Å². The maximum Gasteiger partial charge on any atom is 0.267 e. The summed E-state index contributed by atoms with van der Waals surface area (Å²) in [6.45, 7) is 1.35. The molecule has 5 rings (SSSR count). The summed E-state index contributed by atoms with van der Waals surface area (Å²) in [6, 6.07) is 9.29. The number of anilines is 1. The highest BCUT2D eigenvalue weighted by atomic mass is 16.1. The fourth-order valence-electron chi connectivity index (χ4n) is 4.52. The second-order valence-corrected chi connectivity index (χ2v) is 7.77. The van der Waals surface area contributed by atoms with Gasteiger partial charge in [0.2, 0.25) is 5.95 Å². The largest absolute Gasteiger partial charge is 0.337 e. The van der Waals surface area contributed by atoms with E-state index in [2.05, 4.69) is 10.00 Å². The maximum absolute atomic E-state index is 12.8. The van der Waals surface area contributed by atoms with Crippen LogP contribution in [0.5, 0.6) is 0 Å². The first-order chi connectivity index (χ1) is 13.6. The van der Waals surface area contributed by atoms with E-state index in [1.165, 1.54) is 0 Å². The number of aromatic nitrogens is 4. The lowest BCUT2D eigenvalue weighted by molar-refractivity contribution is 0.477. The van der Waals surface area contributed by atoms with E-state index in [0.717, 1.165) is 49.9 Å². The standard InChI is InChI=1S/C21H23N5O2/c1-24-20(28)16-8-2-3-9-18(16)22-21(24)25-11-5-7-15(25)13-26-19(27)12-14-6-4-10-17(14)23-26/h2-3,8-9,12,15H,4-7,10-11,13H2,1H3. The summed E-state index contributed by atoms with van der Waals surface area (Å²) in [6.07, 6.45) is 4.94. The van der Waals surface area contributed by atoms with Gasteiger partial charge in [-0.3, -0.25) is 14.2 Å². The normalized spacial score (nSPS) is 18.8. The molecule has 3 heterocycles. The molecule has 1 unspecified atom stereocenters. The summed E-state index contributed by atoms with van der Waals surface area (Å²) < 4.78 is 3.23. The van der Waals surface area contributed by atoms with Gasteiger partial charge in [0.25, 0.3) is 11.1 Å². The molecule has 1 fully saturated rings. The van der Waals surface area contributed by atoms with Crippen molar-refractivity contribution in [1.82, 2.24) is 19.3 Å². The first kappa shape index (κ1) is 17.2. The zero-order valence-corrected chi connectivity index (χ0v) is 16.0. The minimum Gasteiger partial charge on any atom is -0.337 e. The van der Waals surface area contributed by atoms with Crippen molar-refractivity contribution in [2.24, 2.45) is 7.05 Å². The molecule has 7 nitrogen and oxygen atoms in total. The highest BCUT2D eigenvalue weighted by Gasteiger charge is 2.29. The Labute approximate surface area is 162 Å². The van der Waals surface area contributed by atoms with Gasteiger partial charge in [-0.05, 0) is 49.8 Å². The van der Waals surface area contributed by atoms with Crippen molar-refractivity contribution < 1.29 is 0 Å². The minimum atomic E-state index is -0.0425. The summed E-state index contributed by atoms with van der Waals surface area (Å²) in [4.78, 5) is 32.2. The van der Waals surface area contributed by atoms with E-state index in [1.807, 2.05) is 24.3 Å². The molecule has 1 aliphatic heterocycles. The van der Waals surface area contributed by atoms with Gasteiger partial charge in [0.1, 0.15) is 0 Å². The lowest BCUT2D eigenvalue weighted by atomic mass is 10.2. The first-order valence-electron chi connectivity index (χ1n) is 9.94. The van der Waals surface area contributed by atoms with Crippen molar-refractivity contribution in [2.45, 2.75) is 44.7 Å². The Hall–Kier alpha value is -2.96.